The first kappa shape index (κ1) is 20.7. The Hall–Kier alpha value is -2.55. The Bertz CT molecular complexity index is 1020. The van der Waals surface area contributed by atoms with E-state index in [-0.39, 0.29) is 5.41 Å². The van der Waals surface area contributed by atoms with Crippen LogP contribution in [0.3, 0.4) is 0 Å². The molecule has 0 atom stereocenters. The van der Waals surface area contributed by atoms with Crippen LogP contribution in [0.5, 0.6) is 5.75 Å². The molecule has 0 radical (unpaired) electrons. The highest BCUT2D eigenvalue weighted by Gasteiger charge is 2.45. The van der Waals surface area contributed by atoms with Gasteiger partial charge >= 0.3 is 0 Å². The van der Waals surface area contributed by atoms with Crippen molar-refractivity contribution in [2.24, 2.45) is 5.90 Å². The van der Waals surface area contributed by atoms with Crippen LogP contribution in [0, 0.1) is 11.3 Å². The Kier molecular flexibility index (Phi) is 6.56. The zero-order chi connectivity index (χ0) is 20.8. The highest BCUT2D eigenvalue weighted by molar-refractivity contribution is 7.98. The van der Waals surface area contributed by atoms with Crippen LogP contribution in [0.15, 0.2) is 60.0 Å². The van der Waals surface area contributed by atoms with E-state index in [0.29, 0.717) is 24.6 Å². The van der Waals surface area contributed by atoms with Crippen molar-refractivity contribution in [1.29, 1.82) is 5.26 Å². The Balaban J connectivity index is 1.46. The van der Waals surface area contributed by atoms with Crippen LogP contribution in [0.4, 0.5) is 0 Å². The third kappa shape index (κ3) is 5.13. The van der Waals surface area contributed by atoms with E-state index in [9.17, 15) is 5.26 Å². The molecule has 4 rings (SSSR count). The summed E-state index contributed by atoms with van der Waals surface area (Å²) in [4.78, 5) is 9.08. The third-order valence-electron chi connectivity index (χ3n) is 4.81. The standard InChI is InChI=1S/C20H19N5O3S2/c21-12-20(5-6-20)17-8-15(10-25-14-23-13-24-25)7-16(9-17)11-29-19-3-1-18(2-4-19)26-30-28-27-22/h1-4,7-9,13-14H,5-6,10-11,22H2. The highest BCUT2D eigenvalue weighted by Crippen LogP contribution is 2.48. The molecule has 1 heterocycles. The quantitative estimate of drug-likeness (QED) is 0.164. The zero-order valence-corrected chi connectivity index (χ0v) is 17.6. The predicted molar refractivity (Wildman–Crippen MR) is 113 cm³/mol. The van der Waals surface area contributed by atoms with Gasteiger partial charge in [0.25, 0.3) is 12.3 Å². The molecule has 1 aliphatic carbocycles. The molecule has 10 heteroatoms. The van der Waals surface area contributed by atoms with Crippen molar-refractivity contribution >= 4 is 24.1 Å². The average molecular weight is 442 g/mol. The summed E-state index contributed by atoms with van der Waals surface area (Å²) < 4.78 is 11.4. The lowest BCUT2D eigenvalue weighted by Gasteiger charge is -2.13. The molecule has 2 aromatic carbocycles. The monoisotopic (exact) mass is 441 g/mol. The van der Waals surface area contributed by atoms with Gasteiger partial charge in [-0.25, -0.2) is 9.67 Å². The van der Waals surface area contributed by atoms with Crippen LogP contribution in [-0.4, -0.2) is 14.8 Å². The summed E-state index contributed by atoms with van der Waals surface area (Å²) in [7, 11) is 0. The fourth-order valence-corrected chi connectivity index (χ4v) is 4.21. The summed E-state index contributed by atoms with van der Waals surface area (Å²) in [5.41, 5.74) is 3.07. The molecule has 0 amide bonds. The number of rotatable bonds is 10. The minimum atomic E-state index is -0.330. The molecule has 8 nitrogen and oxygen atoms in total. The molecule has 1 fully saturated rings. The van der Waals surface area contributed by atoms with Crippen LogP contribution in [0.1, 0.15) is 29.5 Å². The first-order chi connectivity index (χ1) is 14.7. The second-order valence-electron chi connectivity index (χ2n) is 6.90. The van der Waals surface area contributed by atoms with Gasteiger partial charge in [-0.3, -0.25) is 0 Å². The number of hydrogen-bond donors (Lipinski definition) is 1. The number of hydrogen-bond acceptors (Lipinski definition) is 9. The molecule has 0 unspecified atom stereocenters. The average Bonchev–Trinajstić information content (AvgIpc) is 3.42. The first-order valence-electron chi connectivity index (χ1n) is 9.17. The van der Waals surface area contributed by atoms with E-state index in [1.807, 2.05) is 24.3 Å². The van der Waals surface area contributed by atoms with Gasteiger partial charge in [-0.15, -0.1) is 21.1 Å². The molecule has 0 spiro atoms. The van der Waals surface area contributed by atoms with Crippen molar-refractivity contribution in [1.82, 2.24) is 14.8 Å². The molecule has 3 aromatic rings. The van der Waals surface area contributed by atoms with Crippen LogP contribution in [0.25, 0.3) is 0 Å². The van der Waals surface area contributed by atoms with Crippen molar-refractivity contribution in [2.45, 2.75) is 35.4 Å². The van der Waals surface area contributed by atoms with Gasteiger partial charge in [-0.1, -0.05) is 18.2 Å². The van der Waals surface area contributed by atoms with Gasteiger partial charge in [0.15, 0.2) is 0 Å². The lowest BCUT2D eigenvalue weighted by Crippen LogP contribution is -2.07. The van der Waals surface area contributed by atoms with Gasteiger partial charge in [-0.2, -0.15) is 16.3 Å². The summed E-state index contributed by atoms with van der Waals surface area (Å²) in [6.45, 7) is 0.630. The van der Waals surface area contributed by atoms with Gasteiger partial charge in [-0.05, 0) is 53.8 Å². The zero-order valence-electron chi connectivity index (χ0n) is 15.9. The van der Waals surface area contributed by atoms with Crippen LogP contribution < -0.4 is 10.1 Å². The van der Waals surface area contributed by atoms with Crippen molar-refractivity contribution in [3.63, 3.8) is 0 Å². The molecular weight excluding hydrogens is 422 g/mol. The van der Waals surface area contributed by atoms with E-state index in [4.69, 9.17) is 10.1 Å². The largest absolute Gasteiger partial charge is 0.399 e. The lowest BCUT2D eigenvalue weighted by atomic mass is 9.94. The Morgan fingerprint density at radius 2 is 1.97 bits per heavy atom. The normalized spacial score (nSPS) is 14.3. The topological polar surface area (TPSA) is 108 Å². The second-order valence-corrected chi connectivity index (χ2v) is 8.39. The number of aromatic nitrogens is 3. The molecule has 2 N–H and O–H groups in total. The molecule has 0 aliphatic heterocycles. The maximum absolute atomic E-state index is 9.64. The number of nitrogens with two attached hydrogens (primary N) is 1. The van der Waals surface area contributed by atoms with Crippen molar-refractivity contribution in [3.8, 4) is 11.8 Å². The minimum Gasteiger partial charge on any atom is -0.399 e. The maximum Gasteiger partial charge on any atom is 0.260 e. The van der Waals surface area contributed by atoms with E-state index >= 15 is 0 Å². The highest BCUT2D eigenvalue weighted by atomic mass is 32.2. The van der Waals surface area contributed by atoms with Crippen LogP contribution in [0.2, 0.25) is 0 Å². The first-order valence-corrected chi connectivity index (χ1v) is 10.8. The fraction of sp³-hybridized carbons (Fsp3) is 0.250. The predicted octanol–water partition coefficient (Wildman–Crippen LogP) is 3.94. The van der Waals surface area contributed by atoms with Crippen LogP contribution >= 0.6 is 24.1 Å². The van der Waals surface area contributed by atoms with Gasteiger partial charge in [0, 0.05) is 10.6 Å². The fourth-order valence-electron chi connectivity index (χ4n) is 3.13. The van der Waals surface area contributed by atoms with E-state index in [1.54, 1.807) is 22.8 Å². The SMILES string of the molecule is N#CC1(c2cc(CSc3ccc(OSOON)cc3)cc(Cn3cncn3)c2)CC1. The van der Waals surface area contributed by atoms with Crippen LogP contribution in [-0.2, 0) is 27.0 Å². The third-order valence-corrected chi connectivity index (χ3v) is 6.28. The number of nitrogens with zero attached hydrogens (tertiary/aromatic N) is 4. The maximum atomic E-state index is 9.64. The molecule has 1 saturated carbocycles. The summed E-state index contributed by atoms with van der Waals surface area (Å²) in [5.74, 6) is 6.18. The Labute approximate surface area is 182 Å². The smallest absolute Gasteiger partial charge is 0.260 e. The van der Waals surface area contributed by atoms with Crippen molar-refractivity contribution in [2.75, 3.05) is 0 Å². The Morgan fingerprint density at radius 3 is 2.63 bits per heavy atom. The molecule has 0 bridgehead atoms. The van der Waals surface area contributed by atoms with Gasteiger partial charge < -0.3 is 4.18 Å². The minimum absolute atomic E-state index is 0.330. The number of thioether (sulfide) groups is 1. The molecule has 1 aliphatic rings. The van der Waals surface area contributed by atoms with Gasteiger partial charge in [0.05, 0.1) is 18.0 Å². The molecule has 154 valence electrons. The van der Waals surface area contributed by atoms with Crippen molar-refractivity contribution < 1.29 is 13.5 Å². The Morgan fingerprint density at radius 1 is 1.17 bits per heavy atom. The molecular formula is C20H19N5O3S2. The van der Waals surface area contributed by atoms with Crippen molar-refractivity contribution in [3.05, 3.63) is 71.8 Å². The van der Waals surface area contributed by atoms with E-state index < -0.39 is 0 Å². The summed E-state index contributed by atoms with van der Waals surface area (Å²) in [6.07, 6.45) is 5.06. The van der Waals surface area contributed by atoms with Gasteiger partial charge in [0.2, 0.25) is 0 Å². The van der Waals surface area contributed by atoms with E-state index in [1.165, 1.54) is 11.9 Å². The van der Waals surface area contributed by atoms with E-state index in [0.717, 1.165) is 34.6 Å². The van der Waals surface area contributed by atoms with E-state index in [2.05, 4.69) is 43.7 Å². The second kappa shape index (κ2) is 9.51. The molecule has 1 aromatic heterocycles. The summed E-state index contributed by atoms with van der Waals surface area (Å²) >= 11 is 2.36. The summed E-state index contributed by atoms with van der Waals surface area (Å²) in [5, 5.41) is 13.8. The summed E-state index contributed by atoms with van der Waals surface area (Å²) in [6, 6.07) is 16.6. The van der Waals surface area contributed by atoms with Gasteiger partial charge in [0.1, 0.15) is 18.4 Å². The molecule has 0 saturated heterocycles. The number of nitriles is 1. The lowest BCUT2D eigenvalue weighted by molar-refractivity contribution is -0.199. The number of benzene rings is 2. The molecule has 30 heavy (non-hydrogen) atoms.